The Hall–Kier alpha value is -8.66. The first-order chi connectivity index (χ1) is 33.5. The monoisotopic (exact) mass is 874 g/mol. The van der Waals surface area contributed by atoms with E-state index in [0.29, 0.717) is 0 Å². The molecule has 0 amide bonds. The van der Waals surface area contributed by atoms with Gasteiger partial charge in [-0.2, -0.15) is 0 Å². The molecule has 68 heavy (non-hydrogen) atoms. The lowest BCUT2D eigenvalue weighted by atomic mass is 9.96. The second kappa shape index (κ2) is 17.0. The van der Waals surface area contributed by atoms with Crippen LogP contribution in [0.4, 0.5) is 0 Å². The quantitative estimate of drug-likeness (QED) is 0.160. The summed E-state index contributed by atoms with van der Waals surface area (Å²) in [7, 11) is 0. The van der Waals surface area contributed by atoms with Gasteiger partial charge in [0.1, 0.15) is 5.69 Å². The van der Waals surface area contributed by atoms with E-state index < -0.39 is 0 Å². The summed E-state index contributed by atoms with van der Waals surface area (Å²) >= 11 is 0. The number of aromatic nitrogens is 6. The molecular formula is C62H46N6. The van der Waals surface area contributed by atoms with Gasteiger partial charge < -0.3 is 9.13 Å². The van der Waals surface area contributed by atoms with Gasteiger partial charge in [-0.3, -0.25) is 15.0 Å². The van der Waals surface area contributed by atoms with Gasteiger partial charge in [0.25, 0.3) is 0 Å². The third kappa shape index (κ3) is 6.91. The lowest BCUT2D eigenvalue weighted by Crippen LogP contribution is -1.99. The minimum Gasteiger partial charge on any atom is -0.308 e. The van der Waals surface area contributed by atoms with Crippen LogP contribution in [0.2, 0.25) is 0 Å². The number of rotatable bonds is 7. The topological polar surface area (TPSA) is 61.4 Å². The van der Waals surface area contributed by atoms with Gasteiger partial charge in [-0.15, -0.1) is 0 Å². The molecule has 0 bridgehead atoms. The Kier molecular flexibility index (Phi) is 10.2. The van der Waals surface area contributed by atoms with Gasteiger partial charge in [0, 0.05) is 64.9 Å². The average Bonchev–Trinajstić information content (AvgIpc) is 4.06. The van der Waals surface area contributed by atoms with Crippen LogP contribution in [0.15, 0.2) is 195 Å². The second-order valence-electron chi connectivity index (χ2n) is 17.9. The van der Waals surface area contributed by atoms with Gasteiger partial charge in [0.05, 0.1) is 44.5 Å². The second-order valence-corrected chi connectivity index (χ2v) is 17.9. The SMILES string of the molecule is CCC(C)C.c1ccnc(-c2ccccc2-c2ccc3c(c2)c2ncccc2n3-c2cccc3c2Cc2ccc(-n4c5ccc(-c6ccccc6-c6ccccn6)cc5c5ncccc54)cc2-3)c#1. The predicted octanol–water partition coefficient (Wildman–Crippen LogP) is 15.4. The van der Waals surface area contributed by atoms with Gasteiger partial charge in [0.2, 0.25) is 0 Å². The van der Waals surface area contributed by atoms with Crippen LogP contribution in [0.5, 0.6) is 0 Å². The van der Waals surface area contributed by atoms with Crippen molar-refractivity contribution in [2.24, 2.45) is 5.92 Å². The van der Waals surface area contributed by atoms with Gasteiger partial charge in [-0.1, -0.05) is 118 Å². The highest BCUT2D eigenvalue weighted by Gasteiger charge is 2.26. The number of fused-ring (bicyclic) bond motifs is 9. The van der Waals surface area contributed by atoms with E-state index in [0.717, 1.165) is 107 Å². The van der Waals surface area contributed by atoms with Crippen LogP contribution in [0.1, 0.15) is 38.3 Å². The van der Waals surface area contributed by atoms with Crippen molar-refractivity contribution in [1.29, 1.82) is 0 Å². The summed E-state index contributed by atoms with van der Waals surface area (Å²) in [6.45, 7) is 6.64. The molecule has 324 valence electrons. The lowest BCUT2D eigenvalue weighted by molar-refractivity contribution is 0.626. The maximum absolute atomic E-state index is 4.98. The van der Waals surface area contributed by atoms with Crippen LogP contribution >= 0.6 is 0 Å². The summed E-state index contributed by atoms with van der Waals surface area (Å²) in [5.41, 5.74) is 22.1. The number of nitrogens with zero attached hydrogens (tertiary/aromatic N) is 6. The van der Waals surface area contributed by atoms with Crippen molar-refractivity contribution in [3.63, 3.8) is 0 Å². The van der Waals surface area contributed by atoms with Gasteiger partial charge >= 0.3 is 0 Å². The first kappa shape index (κ1) is 40.8. The van der Waals surface area contributed by atoms with Crippen LogP contribution in [0, 0.1) is 18.1 Å². The fraction of sp³-hybridized carbons (Fsp3) is 0.0968. The zero-order chi connectivity index (χ0) is 45.7. The summed E-state index contributed by atoms with van der Waals surface area (Å²) in [6.07, 6.45) is 9.54. The minimum absolute atomic E-state index is 0.777. The van der Waals surface area contributed by atoms with Crippen molar-refractivity contribution in [3.05, 3.63) is 218 Å². The zero-order valence-corrected chi connectivity index (χ0v) is 38.2. The summed E-state index contributed by atoms with van der Waals surface area (Å²) in [5, 5.41) is 2.22. The van der Waals surface area contributed by atoms with Gasteiger partial charge in [0.15, 0.2) is 0 Å². The van der Waals surface area contributed by atoms with Crippen molar-refractivity contribution in [2.75, 3.05) is 0 Å². The number of benzene rings is 6. The number of pyridine rings is 3. The van der Waals surface area contributed by atoms with E-state index in [-0.39, 0.29) is 0 Å². The summed E-state index contributed by atoms with van der Waals surface area (Å²) in [6, 6.07) is 66.6. The molecule has 0 aliphatic heterocycles. The van der Waals surface area contributed by atoms with Crippen LogP contribution < -0.4 is 0 Å². The van der Waals surface area contributed by atoms with E-state index in [9.17, 15) is 0 Å². The Bertz CT molecular complexity index is 3840. The standard InChI is InChI=1S/C57H34N6.C5H12/c1-3-14-43(49-17-5-7-28-58-49)40(12-1)36-23-26-52-47(33-36)56-54(20-10-30-60-56)62(52)39-25-22-38-32-46-42(45(38)35-39)16-9-19-51(46)63-53-27-24-37(34-48(53)57-55(63)21-11-31-61-57)41-13-2-4-15-44(41)50-18-6-8-29-59-50;1-4-5(2)3/h1-5,7-17,19-31,33-35H,32H2;5H,4H2,1-3H3. The molecule has 0 radical (unpaired) electrons. The van der Waals surface area contributed by atoms with Crippen molar-refractivity contribution in [2.45, 2.75) is 33.6 Å². The fourth-order valence-corrected chi connectivity index (χ4v) is 9.91. The highest BCUT2D eigenvalue weighted by molar-refractivity contribution is 6.10. The Labute approximate surface area is 395 Å². The highest BCUT2D eigenvalue weighted by atomic mass is 15.0. The molecule has 0 saturated heterocycles. The van der Waals surface area contributed by atoms with Crippen molar-refractivity contribution in [3.8, 4) is 67.3 Å². The Balaban J connectivity index is 0.000000915. The molecule has 6 heterocycles. The molecule has 0 atom stereocenters. The van der Waals surface area contributed by atoms with Crippen LogP contribution in [0.3, 0.4) is 0 Å². The molecule has 12 aromatic rings. The number of hydrogen-bond donors (Lipinski definition) is 0. The van der Waals surface area contributed by atoms with Crippen molar-refractivity contribution < 1.29 is 0 Å². The maximum atomic E-state index is 4.98. The smallest absolute Gasteiger partial charge is 0.121 e. The van der Waals surface area contributed by atoms with Gasteiger partial charge in [-0.05, 0) is 135 Å². The Morgan fingerprint density at radius 1 is 0.500 bits per heavy atom. The molecule has 0 unspecified atom stereocenters. The molecule has 6 aromatic carbocycles. The third-order valence-electron chi connectivity index (χ3n) is 13.5. The molecule has 0 N–H and O–H groups in total. The minimum atomic E-state index is 0.777. The zero-order valence-electron chi connectivity index (χ0n) is 38.2. The average molecular weight is 875 g/mol. The van der Waals surface area contributed by atoms with Crippen molar-refractivity contribution >= 4 is 43.9 Å². The predicted molar refractivity (Wildman–Crippen MR) is 279 cm³/mol. The molecule has 6 aromatic heterocycles. The first-order valence-corrected chi connectivity index (χ1v) is 23.4. The van der Waals surface area contributed by atoms with Crippen molar-refractivity contribution in [1.82, 2.24) is 29.1 Å². The molecule has 0 fully saturated rings. The highest BCUT2D eigenvalue weighted by Crippen LogP contribution is 2.45. The van der Waals surface area contributed by atoms with E-state index in [1.807, 2.05) is 48.9 Å². The molecule has 6 nitrogen and oxygen atoms in total. The molecule has 1 aliphatic rings. The normalized spacial score (nSPS) is 11.8. The van der Waals surface area contributed by atoms with Gasteiger partial charge in [-0.25, -0.2) is 4.98 Å². The molecule has 0 saturated carbocycles. The first-order valence-electron chi connectivity index (χ1n) is 23.4. The van der Waals surface area contributed by atoms with E-state index in [1.54, 1.807) is 12.3 Å². The Morgan fingerprint density at radius 3 is 1.78 bits per heavy atom. The molecule has 0 spiro atoms. The largest absolute Gasteiger partial charge is 0.308 e. The third-order valence-corrected chi connectivity index (χ3v) is 13.5. The van der Waals surface area contributed by atoms with E-state index in [1.165, 1.54) is 34.4 Å². The fourth-order valence-electron chi connectivity index (χ4n) is 9.91. The van der Waals surface area contributed by atoms with Crippen LogP contribution in [-0.4, -0.2) is 29.1 Å². The van der Waals surface area contributed by atoms with Crippen LogP contribution in [0.25, 0.3) is 111 Å². The molecular weight excluding hydrogens is 829 g/mol. The van der Waals surface area contributed by atoms with E-state index in [2.05, 4.69) is 185 Å². The molecule has 6 heteroatoms. The Morgan fingerprint density at radius 2 is 1.12 bits per heavy atom. The summed E-state index contributed by atoms with van der Waals surface area (Å²) in [5.74, 6) is 0.884. The van der Waals surface area contributed by atoms with E-state index in [4.69, 9.17) is 9.97 Å². The number of hydrogen-bond acceptors (Lipinski definition) is 4. The lowest BCUT2D eigenvalue weighted by Gasteiger charge is -2.14. The molecule has 13 rings (SSSR count). The summed E-state index contributed by atoms with van der Waals surface area (Å²) in [4.78, 5) is 19.2. The van der Waals surface area contributed by atoms with Crippen LogP contribution in [-0.2, 0) is 6.42 Å². The maximum Gasteiger partial charge on any atom is 0.121 e. The summed E-state index contributed by atoms with van der Waals surface area (Å²) < 4.78 is 4.77. The molecule has 1 aliphatic carbocycles. The van der Waals surface area contributed by atoms with E-state index >= 15 is 0 Å².